The van der Waals surface area contributed by atoms with Gasteiger partial charge in [-0.15, -0.1) is 9.24 Å². The molecule has 1 unspecified atom stereocenters. The van der Waals surface area contributed by atoms with Crippen LogP contribution in [0.25, 0.3) is 0 Å². The van der Waals surface area contributed by atoms with Crippen molar-refractivity contribution < 1.29 is 4.79 Å². The maximum atomic E-state index is 11.4. The number of hydrogen-bond donors (Lipinski definition) is 1. The van der Waals surface area contributed by atoms with Crippen LogP contribution in [-0.4, -0.2) is 18.6 Å². The van der Waals surface area contributed by atoms with Gasteiger partial charge in [-0.2, -0.15) is 0 Å². The van der Waals surface area contributed by atoms with Crippen molar-refractivity contribution in [3.8, 4) is 0 Å². The lowest BCUT2D eigenvalue weighted by Crippen LogP contribution is -2.27. The van der Waals surface area contributed by atoms with E-state index in [1.165, 1.54) is 6.42 Å². The molecular formula is C12H26NOP. The fourth-order valence-corrected chi connectivity index (χ4v) is 2.10. The second-order valence-electron chi connectivity index (χ2n) is 5.40. The standard InChI is InChI=1S/C12H26NOP/c1-10(2)9-12(3,4)6-5-11(14)13-7-8-15/h10H,5-9,15H2,1-4H3,(H,13,14). The molecule has 2 nitrogen and oxygen atoms in total. The van der Waals surface area contributed by atoms with E-state index in [0.717, 1.165) is 19.1 Å². The van der Waals surface area contributed by atoms with Gasteiger partial charge in [0.25, 0.3) is 0 Å². The van der Waals surface area contributed by atoms with Gasteiger partial charge < -0.3 is 5.32 Å². The molecule has 1 N–H and O–H groups in total. The summed E-state index contributed by atoms with van der Waals surface area (Å²) < 4.78 is 0. The third-order valence-corrected chi connectivity index (χ3v) is 2.74. The van der Waals surface area contributed by atoms with Crippen molar-refractivity contribution >= 4 is 15.1 Å². The van der Waals surface area contributed by atoms with E-state index in [-0.39, 0.29) is 11.3 Å². The third kappa shape index (κ3) is 8.87. The molecule has 0 aromatic rings. The van der Waals surface area contributed by atoms with Crippen LogP contribution in [0, 0.1) is 11.3 Å². The van der Waals surface area contributed by atoms with Crippen LogP contribution >= 0.6 is 9.24 Å². The highest BCUT2D eigenvalue weighted by Gasteiger charge is 2.20. The maximum absolute atomic E-state index is 11.4. The SMILES string of the molecule is CC(C)CC(C)(C)CCC(=O)NCCP. The second kappa shape index (κ2) is 7.22. The van der Waals surface area contributed by atoms with Crippen LogP contribution in [0.5, 0.6) is 0 Å². The molecule has 0 saturated carbocycles. The molecule has 0 aromatic carbocycles. The molecule has 15 heavy (non-hydrogen) atoms. The predicted molar refractivity (Wildman–Crippen MR) is 70.1 cm³/mol. The van der Waals surface area contributed by atoms with Gasteiger partial charge >= 0.3 is 0 Å². The first kappa shape index (κ1) is 14.9. The lowest BCUT2D eigenvalue weighted by atomic mass is 9.80. The first-order valence-electron chi connectivity index (χ1n) is 5.84. The first-order chi connectivity index (χ1) is 6.87. The summed E-state index contributed by atoms with van der Waals surface area (Å²) in [5, 5.41) is 2.90. The van der Waals surface area contributed by atoms with E-state index in [1.54, 1.807) is 0 Å². The number of rotatable bonds is 7. The highest BCUT2D eigenvalue weighted by molar-refractivity contribution is 7.16. The summed E-state index contributed by atoms with van der Waals surface area (Å²) in [6.07, 6.45) is 3.75. The number of nitrogens with one attached hydrogen (secondary N) is 1. The minimum Gasteiger partial charge on any atom is -0.356 e. The van der Waals surface area contributed by atoms with Gasteiger partial charge in [-0.1, -0.05) is 27.7 Å². The molecule has 0 aliphatic heterocycles. The van der Waals surface area contributed by atoms with Crippen molar-refractivity contribution in [2.45, 2.75) is 47.0 Å². The van der Waals surface area contributed by atoms with Crippen molar-refractivity contribution in [2.75, 3.05) is 12.7 Å². The van der Waals surface area contributed by atoms with Gasteiger partial charge in [0, 0.05) is 13.0 Å². The van der Waals surface area contributed by atoms with E-state index in [1.807, 2.05) is 0 Å². The second-order valence-corrected chi connectivity index (χ2v) is 5.98. The Labute approximate surface area is 96.8 Å². The zero-order valence-electron chi connectivity index (χ0n) is 10.6. The molecule has 0 saturated heterocycles. The summed E-state index contributed by atoms with van der Waals surface area (Å²) in [6, 6.07) is 0. The van der Waals surface area contributed by atoms with Crippen molar-refractivity contribution in [2.24, 2.45) is 11.3 Å². The fourth-order valence-electron chi connectivity index (χ4n) is 1.96. The molecule has 3 heteroatoms. The Kier molecular flexibility index (Phi) is 7.17. The smallest absolute Gasteiger partial charge is 0.220 e. The summed E-state index contributed by atoms with van der Waals surface area (Å²) in [5.74, 6) is 0.893. The lowest BCUT2D eigenvalue weighted by molar-refractivity contribution is -0.121. The Morgan fingerprint density at radius 3 is 2.47 bits per heavy atom. The summed E-state index contributed by atoms with van der Waals surface area (Å²) in [5.41, 5.74) is 0.284. The quantitative estimate of drug-likeness (QED) is 0.671. The fraction of sp³-hybridized carbons (Fsp3) is 0.917. The Balaban J connectivity index is 3.77. The number of amides is 1. The first-order valence-corrected chi connectivity index (χ1v) is 6.66. The summed E-state index contributed by atoms with van der Waals surface area (Å²) >= 11 is 0. The molecule has 90 valence electrons. The van der Waals surface area contributed by atoms with Crippen LogP contribution in [0.4, 0.5) is 0 Å². The minimum absolute atomic E-state index is 0.189. The molecule has 0 aliphatic rings. The summed E-state index contributed by atoms with van der Waals surface area (Å²) in [6.45, 7) is 9.73. The number of carbonyl (C=O) groups is 1. The molecule has 0 spiro atoms. The van der Waals surface area contributed by atoms with Gasteiger partial charge in [0.2, 0.25) is 5.91 Å². The largest absolute Gasteiger partial charge is 0.356 e. The van der Waals surface area contributed by atoms with Crippen LogP contribution in [0.15, 0.2) is 0 Å². The van der Waals surface area contributed by atoms with E-state index in [0.29, 0.717) is 12.3 Å². The zero-order valence-corrected chi connectivity index (χ0v) is 11.8. The van der Waals surface area contributed by atoms with Gasteiger partial charge in [-0.25, -0.2) is 0 Å². The molecule has 0 aliphatic carbocycles. The number of carbonyl (C=O) groups excluding carboxylic acids is 1. The Morgan fingerprint density at radius 1 is 1.40 bits per heavy atom. The Hall–Kier alpha value is -0.100. The van der Waals surface area contributed by atoms with Crippen molar-refractivity contribution in [3.63, 3.8) is 0 Å². The van der Waals surface area contributed by atoms with Crippen LogP contribution in [0.3, 0.4) is 0 Å². The average molecular weight is 231 g/mol. The van der Waals surface area contributed by atoms with E-state index in [2.05, 4.69) is 42.3 Å². The molecular weight excluding hydrogens is 205 g/mol. The van der Waals surface area contributed by atoms with Gasteiger partial charge in [0.1, 0.15) is 0 Å². The van der Waals surface area contributed by atoms with Gasteiger partial charge in [-0.3, -0.25) is 4.79 Å². The molecule has 0 heterocycles. The molecule has 1 atom stereocenters. The molecule has 1 amide bonds. The molecule has 0 fully saturated rings. The van der Waals surface area contributed by atoms with Crippen LogP contribution in [0.2, 0.25) is 0 Å². The Morgan fingerprint density at radius 2 is 2.00 bits per heavy atom. The van der Waals surface area contributed by atoms with Crippen molar-refractivity contribution in [1.82, 2.24) is 5.32 Å². The topological polar surface area (TPSA) is 29.1 Å². The van der Waals surface area contributed by atoms with Gasteiger partial charge in [0.05, 0.1) is 0 Å². The van der Waals surface area contributed by atoms with Crippen LogP contribution < -0.4 is 5.32 Å². The summed E-state index contributed by atoms with van der Waals surface area (Å²) in [4.78, 5) is 11.4. The molecule has 0 bridgehead atoms. The van der Waals surface area contributed by atoms with Crippen LogP contribution in [-0.2, 0) is 4.79 Å². The molecule has 0 aromatic heterocycles. The third-order valence-electron chi connectivity index (χ3n) is 2.46. The Bertz CT molecular complexity index is 190. The van der Waals surface area contributed by atoms with E-state index in [4.69, 9.17) is 0 Å². The van der Waals surface area contributed by atoms with Crippen molar-refractivity contribution in [3.05, 3.63) is 0 Å². The summed E-state index contributed by atoms with van der Waals surface area (Å²) in [7, 11) is 2.61. The predicted octanol–water partition coefficient (Wildman–Crippen LogP) is 2.83. The maximum Gasteiger partial charge on any atom is 0.220 e. The van der Waals surface area contributed by atoms with E-state index in [9.17, 15) is 4.79 Å². The highest BCUT2D eigenvalue weighted by Crippen LogP contribution is 2.30. The van der Waals surface area contributed by atoms with Gasteiger partial charge in [-0.05, 0) is 30.3 Å². The zero-order chi connectivity index (χ0) is 11.9. The van der Waals surface area contributed by atoms with E-state index < -0.39 is 0 Å². The van der Waals surface area contributed by atoms with Crippen LogP contribution in [0.1, 0.15) is 47.0 Å². The van der Waals surface area contributed by atoms with Crippen molar-refractivity contribution in [1.29, 1.82) is 0 Å². The normalized spacial score (nSPS) is 11.9. The van der Waals surface area contributed by atoms with Gasteiger partial charge in [0.15, 0.2) is 0 Å². The average Bonchev–Trinajstić information content (AvgIpc) is 2.09. The van der Waals surface area contributed by atoms with E-state index >= 15 is 0 Å². The monoisotopic (exact) mass is 231 g/mol. The molecule has 0 rings (SSSR count). The number of hydrogen-bond acceptors (Lipinski definition) is 1. The highest BCUT2D eigenvalue weighted by atomic mass is 31.0. The lowest BCUT2D eigenvalue weighted by Gasteiger charge is -2.26. The molecule has 0 radical (unpaired) electrons. The minimum atomic E-state index is 0.189.